The summed E-state index contributed by atoms with van der Waals surface area (Å²) in [6, 6.07) is 53.2. The average molecular weight is 868 g/mol. The van der Waals surface area contributed by atoms with Gasteiger partial charge in [0.15, 0.2) is 0 Å². The third kappa shape index (κ3) is 10.8. The minimum absolute atomic E-state index is 0.127. The standard InChI is InChI=1S/C27H21N5.C10H7I.C7H9N5.CH3F/c28-26(31-22-14-5-10-18-8-1-3-12-20(18)22)24-16-7-17-25(30-24)27(29)32-23-15-6-11-19-9-2-4-13-21(19)23;11-10-7-3-5-8-4-1-2-6-9(8)10;8-6(9)4-2-1-3-5(12-4)7(10)11;1-2/h1-17H,(H2,28,31)(H2,29,32);1-7H;1-3H,(H3,8,9)(H3,10,11);1H3/i;;;1D. The third-order valence-electron chi connectivity index (χ3n) is 8.33. The van der Waals surface area contributed by atoms with Crippen LogP contribution in [0, 0.1) is 14.4 Å². The Morgan fingerprint density at radius 1 is 0.491 bits per heavy atom. The van der Waals surface area contributed by atoms with Gasteiger partial charge in [-0.15, -0.1) is 0 Å². The zero-order valence-corrected chi connectivity index (χ0v) is 32.8. The lowest BCUT2D eigenvalue weighted by Crippen LogP contribution is -2.20. The first-order valence-electron chi connectivity index (χ1n) is 18.1. The highest BCUT2D eigenvalue weighted by Crippen LogP contribution is 2.27. The van der Waals surface area contributed by atoms with Crippen molar-refractivity contribution in [2.45, 2.75) is 0 Å². The van der Waals surface area contributed by atoms with Crippen molar-refractivity contribution >= 4 is 89.6 Å². The number of hydrogen-bond acceptors (Lipinski definition) is 6. The van der Waals surface area contributed by atoms with Crippen LogP contribution < -0.4 is 22.9 Å². The number of nitrogens with zero attached hydrogens (tertiary/aromatic N) is 4. The Morgan fingerprint density at radius 3 is 1.23 bits per heavy atom. The molecule has 57 heavy (non-hydrogen) atoms. The minimum Gasteiger partial charge on any atom is -0.382 e. The molecule has 6 aromatic carbocycles. The van der Waals surface area contributed by atoms with E-state index in [1.165, 1.54) is 14.3 Å². The highest BCUT2D eigenvalue weighted by molar-refractivity contribution is 14.1. The number of aromatic nitrogens is 2. The van der Waals surface area contributed by atoms with Crippen molar-refractivity contribution in [1.82, 2.24) is 9.97 Å². The molecule has 0 aliphatic carbocycles. The fraction of sp³-hybridized carbons (Fsp3) is 0.0222. The molecule has 2 aromatic heterocycles. The van der Waals surface area contributed by atoms with Gasteiger partial charge in [0.2, 0.25) is 0 Å². The summed E-state index contributed by atoms with van der Waals surface area (Å²) in [5.41, 5.74) is 26.4. The van der Waals surface area contributed by atoms with Crippen LogP contribution in [-0.4, -0.2) is 40.5 Å². The van der Waals surface area contributed by atoms with Crippen molar-refractivity contribution < 1.29 is 5.76 Å². The van der Waals surface area contributed by atoms with E-state index in [0.29, 0.717) is 34.4 Å². The number of nitrogen functional groups attached to an aromatic ring is 2. The molecule has 0 atom stereocenters. The summed E-state index contributed by atoms with van der Waals surface area (Å²) in [6.45, 7) is 0. The molecule has 10 N–H and O–H groups in total. The summed E-state index contributed by atoms with van der Waals surface area (Å²) >= 11 is 2.36. The largest absolute Gasteiger partial charge is 0.382 e. The van der Waals surface area contributed by atoms with Crippen LogP contribution in [0.2, 0.25) is 0 Å². The van der Waals surface area contributed by atoms with Crippen molar-refractivity contribution in [3.63, 3.8) is 0 Å². The fourth-order valence-electron chi connectivity index (χ4n) is 5.63. The monoisotopic (exact) mass is 867 g/mol. The van der Waals surface area contributed by atoms with E-state index in [1.807, 2.05) is 103 Å². The number of alkyl halides is 1. The maximum absolute atomic E-state index is 9.96. The second-order valence-corrected chi connectivity index (χ2v) is 13.3. The SMILES string of the molecule is Ic1cccc2ccccc12.N=C(N)c1cccc(C(=N)N)n1.NC(=Nc1cccc2ccccc12)c1cccc(C(N)=Nc2cccc3ccccc23)n1.[2H]CF. The topological polar surface area (TPSA) is 202 Å². The highest BCUT2D eigenvalue weighted by atomic mass is 127. The average Bonchev–Trinajstić information content (AvgIpc) is 3.25. The summed E-state index contributed by atoms with van der Waals surface area (Å²) in [5.74, 6) is 0.388. The first-order valence-corrected chi connectivity index (χ1v) is 18.4. The molecule has 10 nitrogen and oxygen atoms in total. The Hall–Kier alpha value is -7.06. The summed E-state index contributed by atoms with van der Waals surface area (Å²) in [4.78, 5) is 17.8. The quantitative estimate of drug-likeness (QED) is 0.0546. The van der Waals surface area contributed by atoms with Gasteiger partial charge in [-0.2, -0.15) is 0 Å². The molecule has 0 saturated heterocycles. The Labute approximate surface area is 344 Å². The minimum atomic E-state index is -1.00. The molecular weight excluding hydrogens is 826 g/mol. The molecule has 0 unspecified atom stereocenters. The predicted octanol–water partition coefficient (Wildman–Crippen LogP) is 9.14. The van der Waals surface area contributed by atoms with Crippen LogP contribution in [0.15, 0.2) is 174 Å². The number of benzene rings is 6. The van der Waals surface area contributed by atoms with Gasteiger partial charge in [0.1, 0.15) is 46.1 Å². The van der Waals surface area contributed by atoms with Gasteiger partial charge < -0.3 is 22.9 Å². The first-order chi connectivity index (χ1) is 28.1. The lowest BCUT2D eigenvalue weighted by Gasteiger charge is -2.07. The molecule has 0 bridgehead atoms. The zero-order chi connectivity index (χ0) is 41.4. The predicted molar refractivity (Wildman–Crippen MR) is 243 cm³/mol. The number of fused-ring (bicyclic) bond motifs is 3. The molecule has 2 heterocycles. The van der Waals surface area contributed by atoms with Gasteiger partial charge in [-0.25, -0.2) is 20.0 Å². The molecule has 8 rings (SSSR count). The van der Waals surface area contributed by atoms with Crippen LogP contribution in [0.4, 0.5) is 15.8 Å². The molecule has 0 fully saturated rings. The molecular formula is C45H40FIN10. The maximum atomic E-state index is 9.96. The molecule has 8 aromatic rings. The smallest absolute Gasteiger partial charge is 0.150 e. The Morgan fingerprint density at radius 2 is 0.807 bits per heavy atom. The van der Waals surface area contributed by atoms with Crippen LogP contribution in [0.3, 0.4) is 0 Å². The second-order valence-electron chi connectivity index (χ2n) is 12.1. The van der Waals surface area contributed by atoms with Crippen LogP contribution in [0.25, 0.3) is 32.3 Å². The maximum Gasteiger partial charge on any atom is 0.150 e. The van der Waals surface area contributed by atoms with E-state index in [2.05, 4.69) is 85.0 Å². The van der Waals surface area contributed by atoms with Crippen molar-refractivity contribution in [3.8, 4) is 0 Å². The third-order valence-corrected chi connectivity index (χ3v) is 9.27. The van der Waals surface area contributed by atoms with Crippen LogP contribution in [-0.2, 0) is 0 Å². The fourth-order valence-corrected chi connectivity index (χ4v) is 6.33. The molecule has 0 amide bonds. The van der Waals surface area contributed by atoms with Gasteiger partial charge >= 0.3 is 0 Å². The Bertz CT molecular complexity index is 2600. The van der Waals surface area contributed by atoms with Crippen LogP contribution in [0.1, 0.15) is 24.1 Å². The number of halogens is 2. The molecule has 0 spiro atoms. The van der Waals surface area contributed by atoms with E-state index in [-0.39, 0.29) is 11.7 Å². The number of hydrogen-bond donors (Lipinski definition) is 6. The van der Waals surface area contributed by atoms with Crippen molar-refractivity contribution in [2.24, 2.45) is 32.9 Å². The van der Waals surface area contributed by atoms with Gasteiger partial charge in [-0.3, -0.25) is 15.2 Å². The number of pyridine rings is 2. The Balaban J connectivity index is 0.000000200. The van der Waals surface area contributed by atoms with Crippen LogP contribution in [0.5, 0.6) is 0 Å². The molecule has 0 aliphatic rings. The number of rotatable bonds is 6. The summed E-state index contributed by atoms with van der Waals surface area (Å²) in [5, 5.41) is 21.1. The zero-order valence-electron chi connectivity index (χ0n) is 31.6. The second kappa shape index (κ2) is 20.0. The van der Waals surface area contributed by atoms with Gasteiger partial charge in [-0.1, -0.05) is 121 Å². The lowest BCUT2D eigenvalue weighted by molar-refractivity contribution is 0.636. The van der Waals surface area contributed by atoms with Gasteiger partial charge in [0.25, 0.3) is 0 Å². The molecule has 0 aliphatic heterocycles. The van der Waals surface area contributed by atoms with Crippen molar-refractivity contribution in [1.29, 1.82) is 10.8 Å². The number of amidine groups is 4. The lowest BCUT2D eigenvalue weighted by atomic mass is 10.1. The summed E-state index contributed by atoms with van der Waals surface area (Å²) in [7, 11) is -1.00. The van der Waals surface area contributed by atoms with E-state index < -0.39 is 7.15 Å². The molecule has 0 saturated carbocycles. The van der Waals surface area contributed by atoms with E-state index in [0.717, 1.165) is 32.9 Å². The van der Waals surface area contributed by atoms with Gasteiger partial charge in [-0.05, 0) is 86.6 Å². The van der Waals surface area contributed by atoms with E-state index in [4.69, 9.17) is 35.1 Å². The van der Waals surface area contributed by atoms with E-state index >= 15 is 0 Å². The molecule has 0 radical (unpaired) electrons. The van der Waals surface area contributed by atoms with Gasteiger partial charge in [0, 0.05) is 14.3 Å². The summed E-state index contributed by atoms with van der Waals surface area (Å²) in [6.07, 6.45) is 0. The number of nitrogens with two attached hydrogens (primary N) is 4. The molecule has 12 heteroatoms. The summed E-state index contributed by atoms with van der Waals surface area (Å²) < 4.78 is 16.8. The van der Waals surface area contributed by atoms with Crippen LogP contribution >= 0.6 is 22.6 Å². The molecule has 284 valence electrons. The Kier molecular flexibility index (Phi) is 13.9. The number of aliphatic imine (C=N–C) groups is 2. The van der Waals surface area contributed by atoms with Crippen molar-refractivity contribution in [3.05, 3.63) is 190 Å². The van der Waals surface area contributed by atoms with Crippen molar-refractivity contribution in [2.75, 3.05) is 7.15 Å². The van der Waals surface area contributed by atoms with E-state index in [9.17, 15) is 4.39 Å². The van der Waals surface area contributed by atoms with Gasteiger partial charge in [0.05, 0.1) is 19.9 Å². The van der Waals surface area contributed by atoms with E-state index in [1.54, 1.807) is 18.2 Å². The first kappa shape index (κ1) is 39.6. The highest BCUT2D eigenvalue weighted by Gasteiger charge is 2.08. The number of nitrogens with one attached hydrogen (secondary N) is 2. The normalized spacial score (nSPS) is 11.2.